The number of carboxylic acids is 1. The molecule has 1 aromatic carbocycles. The summed E-state index contributed by atoms with van der Waals surface area (Å²) in [7, 11) is 1.50. The first kappa shape index (κ1) is 15.7. The van der Waals surface area contributed by atoms with Crippen molar-refractivity contribution in [1.29, 1.82) is 0 Å². The van der Waals surface area contributed by atoms with Crippen LogP contribution in [-0.4, -0.2) is 35.3 Å². The van der Waals surface area contributed by atoms with Crippen molar-refractivity contribution in [2.75, 3.05) is 19.5 Å². The van der Waals surface area contributed by atoms with Crippen molar-refractivity contribution in [2.45, 2.75) is 25.5 Å². The molecule has 4 nitrogen and oxygen atoms in total. The number of methoxy groups -OCH3 is 1. The summed E-state index contributed by atoms with van der Waals surface area (Å²) in [6.07, 6.45) is 0. The van der Waals surface area contributed by atoms with E-state index in [0.717, 1.165) is 5.75 Å². The lowest BCUT2D eigenvalue weighted by Crippen LogP contribution is -2.12. The van der Waals surface area contributed by atoms with E-state index in [2.05, 4.69) is 20.8 Å². The van der Waals surface area contributed by atoms with Gasteiger partial charge in [-0.25, -0.2) is 4.79 Å². The molecule has 0 spiro atoms. The van der Waals surface area contributed by atoms with Crippen molar-refractivity contribution in [3.8, 4) is 11.5 Å². The lowest BCUT2D eigenvalue weighted by Gasteiger charge is -2.18. The van der Waals surface area contributed by atoms with Crippen LogP contribution in [0, 0.1) is 0 Å². The second kappa shape index (κ2) is 6.70. The quantitative estimate of drug-likeness (QED) is 0.812. The van der Waals surface area contributed by atoms with Crippen LogP contribution < -0.4 is 9.47 Å². The number of rotatable bonds is 6. The van der Waals surface area contributed by atoms with Crippen LogP contribution in [0.5, 0.6) is 11.5 Å². The maximum atomic E-state index is 10.9. The molecule has 1 rings (SSSR count). The highest BCUT2D eigenvalue weighted by Crippen LogP contribution is 2.29. The Kier molecular flexibility index (Phi) is 5.54. The van der Waals surface area contributed by atoms with Gasteiger partial charge in [-0.2, -0.15) is 11.8 Å². The molecule has 1 aromatic rings. The molecule has 0 aliphatic heterocycles. The van der Waals surface area contributed by atoms with Gasteiger partial charge in [-0.15, -0.1) is 0 Å². The van der Waals surface area contributed by atoms with Crippen LogP contribution in [0.4, 0.5) is 0 Å². The van der Waals surface area contributed by atoms with Gasteiger partial charge in [0.2, 0.25) is 0 Å². The zero-order chi connectivity index (χ0) is 14.5. The van der Waals surface area contributed by atoms with Crippen molar-refractivity contribution >= 4 is 17.7 Å². The third-order valence-corrected chi connectivity index (χ3v) is 3.52. The molecule has 0 atom stereocenters. The molecule has 0 radical (unpaired) electrons. The van der Waals surface area contributed by atoms with Gasteiger partial charge in [-0.05, 0) is 18.2 Å². The Hall–Kier alpha value is -1.36. The summed E-state index contributed by atoms with van der Waals surface area (Å²) in [4.78, 5) is 10.9. The van der Waals surface area contributed by atoms with Crippen molar-refractivity contribution in [2.24, 2.45) is 0 Å². The van der Waals surface area contributed by atoms with E-state index in [-0.39, 0.29) is 10.3 Å². The molecule has 19 heavy (non-hydrogen) atoms. The summed E-state index contributed by atoms with van der Waals surface area (Å²) in [6.45, 7) is 7.02. The zero-order valence-electron chi connectivity index (χ0n) is 11.7. The summed E-state index contributed by atoms with van der Waals surface area (Å²) in [6, 6.07) is 4.61. The van der Waals surface area contributed by atoms with Gasteiger partial charge < -0.3 is 14.6 Å². The average molecular weight is 284 g/mol. The molecule has 0 amide bonds. The van der Waals surface area contributed by atoms with Gasteiger partial charge in [-0.3, -0.25) is 0 Å². The molecule has 0 heterocycles. The number of ether oxygens (including phenoxy) is 2. The largest absolute Gasteiger partial charge is 0.493 e. The van der Waals surface area contributed by atoms with E-state index in [1.807, 2.05) is 11.8 Å². The van der Waals surface area contributed by atoms with Gasteiger partial charge in [0.05, 0.1) is 19.3 Å². The lowest BCUT2D eigenvalue weighted by atomic mass is 10.2. The monoisotopic (exact) mass is 284 g/mol. The Morgan fingerprint density at radius 2 is 2.00 bits per heavy atom. The molecule has 0 aromatic heterocycles. The number of hydrogen-bond acceptors (Lipinski definition) is 4. The first-order valence-corrected chi connectivity index (χ1v) is 7.00. The third-order valence-electron chi connectivity index (χ3n) is 2.29. The van der Waals surface area contributed by atoms with Crippen LogP contribution >= 0.6 is 11.8 Å². The minimum atomic E-state index is -0.979. The number of benzene rings is 1. The molecule has 106 valence electrons. The summed E-state index contributed by atoms with van der Waals surface area (Å²) in [5.74, 6) is 0.906. The Labute approximate surface area is 118 Å². The van der Waals surface area contributed by atoms with Gasteiger partial charge in [0.15, 0.2) is 11.5 Å². The summed E-state index contributed by atoms with van der Waals surface area (Å²) in [5.41, 5.74) is 0.188. The number of aromatic carboxylic acids is 1. The summed E-state index contributed by atoms with van der Waals surface area (Å²) in [5, 5.41) is 8.90. The molecule has 0 fully saturated rings. The lowest BCUT2D eigenvalue weighted by molar-refractivity contribution is 0.0696. The average Bonchev–Trinajstić information content (AvgIpc) is 2.33. The molecular formula is C14H20O4S. The van der Waals surface area contributed by atoms with E-state index < -0.39 is 5.97 Å². The number of hydrogen-bond donors (Lipinski definition) is 1. The minimum absolute atomic E-state index is 0.188. The van der Waals surface area contributed by atoms with E-state index in [4.69, 9.17) is 14.6 Å². The van der Waals surface area contributed by atoms with E-state index in [9.17, 15) is 4.79 Å². The van der Waals surface area contributed by atoms with Gasteiger partial charge in [0, 0.05) is 10.5 Å². The highest BCUT2D eigenvalue weighted by molar-refractivity contribution is 8.00. The molecule has 5 heteroatoms. The number of carboxylic acid groups (broad SMARTS) is 1. The van der Waals surface area contributed by atoms with Crippen LogP contribution in [0.2, 0.25) is 0 Å². The second-order valence-electron chi connectivity index (χ2n) is 4.98. The fourth-order valence-electron chi connectivity index (χ4n) is 1.42. The first-order chi connectivity index (χ1) is 8.83. The summed E-state index contributed by atoms with van der Waals surface area (Å²) < 4.78 is 11.0. The fraction of sp³-hybridized carbons (Fsp3) is 0.500. The van der Waals surface area contributed by atoms with Crippen molar-refractivity contribution in [3.05, 3.63) is 23.8 Å². The normalized spacial score (nSPS) is 11.2. The van der Waals surface area contributed by atoms with E-state index >= 15 is 0 Å². The standard InChI is InChI=1S/C14H20O4S/c1-14(2,3)19-8-7-18-11-6-5-10(13(15)16)9-12(11)17-4/h5-6,9H,7-8H2,1-4H3,(H,15,16). The molecule has 0 aliphatic rings. The predicted octanol–water partition coefficient (Wildman–Crippen LogP) is 3.30. The van der Waals surface area contributed by atoms with Crippen molar-refractivity contribution in [3.63, 3.8) is 0 Å². The molecule has 0 bridgehead atoms. The molecule has 1 N–H and O–H groups in total. The first-order valence-electron chi connectivity index (χ1n) is 6.01. The van der Waals surface area contributed by atoms with Crippen LogP contribution in [0.25, 0.3) is 0 Å². The Morgan fingerprint density at radius 3 is 2.53 bits per heavy atom. The van der Waals surface area contributed by atoms with Crippen LogP contribution in [0.1, 0.15) is 31.1 Å². The van der Waals surface area contributed by atoms with E-state index in [1.54, 1.807) is 6.07 Å². The van der Waals surface area contributed by atoms with E-state index in [0.29, 0.717) is 18.1 Å². The molecule has 0 saturated heterocycles. The highest BCUT2D eigenvalue weighted by atomic mass is 32.2. The smallest absolute Gasteiger partial charge is 0.335 e. The molecular weight excluding hydrogens is 264 g/mol. The predicted molar refractivity (Wildman–Crippen MR) is 77.7 cm³/mol. The Balaban J connectivity index is 2.61. The molecule has 0 aliphatic carbocycles. The second-order valence-corrected chi connectivity index (χ2v) is 6.90. The summed E-state index contributed by atoms with van der Waals surface area (Å²) >= 11 is 1.81. The zero-order valence-corrected chi connectivity index (χ0v) is 12.5. The topological polar surface area (TPSA) is 55.8 Å². The van der Waals surface area contributed by atoms with E-state index in [1.165, 1.54) is 19.2 Å². The fourth-order valence-corrected chi connectivity index (χ4v) is 2.20. The number of thioether (sulfide) groups is 1. The SMILES string of the molecule is COc1cc(C(=O)O)ccc1OCCSC(C)(C)C. The third kappa shape index (κ3) is 5.42. The maximum Gasteiger partial charge on any atom is 0.335 e. The van der Waals surface area contributed by atoms with Gasteiger partial charge in [0.25, 0.3) is 0 Å². The minimum Gasteiger partial charge on any atom is -0.493 e. The van der Waals surface area contributed by atoms with Crippen LogP contribution in [0.15, 0.2) is 18.2 Å². The van der Waals surface area contributed by atoms with Crippen molar-refractivity contribution in [1.82, 2.24) is 0 Å². The van der Waals surface area contributed by atoms with Crippen molar-refractivity contribution < 1.29 is 19.4 Å². The molecule has 0 saturated carbocycles. The van der Waals surface area contributed by atoms with Gasteiger partial charge >= 0.3 is 5.97 Å². The van der Waals surface area contributed by atoms with Crippen LogP contribution in [-0.2, 0) is 0 Å². The van der Waals surface area contributed by atoms with Gasteiger partial charge in [0.1, 0.15) is 0 Å². The molecule has 0 unspecified atom stereocenters. The van der Waals surface area contributed by atoms with Crippen LogP contribution in [0.3, 0.4) is 0 Å². The Bertz CT molecular complexity index is 438. The maximum absolute atomic E-state index is 10.9. The Morgan fingerprint density at radius 1 is 1.32 bits per heavy atom. The number of carbonyl (C=O) groups is 1. The highest BCUT2D eigenvalue weighted by Gasteiger charge is 2.12. The van der Waals surface area contributed by atoms with Gasteiger partial charge in [-0.1, -0.05) is 20.8 Å².